The van der Waals surface area contributed by atoms with Crippen LogP contribution in [-0.4, -0.2) is 56.6 Å². The van der Waals surface area contributed by atoms with Crippen LogP contribution in [0.15, 0.2) is 21.3 Å². The van der Waals surface area contributed by atoms with Gasteiger partial charge in [0.2, 0.25) is 0 Å². The van der Waals surface area contributed by atoms with Crippen LogP contribution in [0.2, 0.25) is 0 Å². The Balaban J connectivity index is 0.000000201. The first kappa shape index (κ1) is 29.4. The molecule has 4 rings (SSSR count). The molecule has 8 nitrogen and oxygen atoms in total. The minimum absolute atomic E-state index is 0.00384. The third kappa shape index (κ3) is 7.66. The summed E-state index contributed by atoms with van der Waals surface area (Å²) in [4.78, 5) is 0. The van der Waals surface area contributed by atoms with Crippen molar-refractivity contribution in [1.82, 2.24) is 19.6 Å². The fourth-order valence-corrected chi connectivity index (χ4v) is 4.63. The quantitative estimate of drug-likeness (QED) is 0.397. The molecule has 0 saturated carbocycles. The molecule has 2 saturated heterocycles. The van der Waals surface area contributed by atoms with Crippen molar-refractivity contribution in [2.24, 2.45) is 0 Å². The molecule has 0 spiro atoms. The summed E-state index contributed by atoms with van der Waals surface area (Å²) in [6.45, 7) is 7.77. The van der Waals surface area contributed by atoms with Crippen LogP contribution in [0.4, 0.5) is 26.3 Å². The van der Waals surface area contributed by atoms with Crippen LogP contribution in [0, 0.1) is 0 Å². The SMILES string of the molecule is CC1(C)OC[C@@H](Cn2cc(Br)c(C(F)(F)F)n2)O1.CC1(C)OC[C@@H](Cn2ncc(Br)c2C(F)(F)F)O1. The second kappa shape index (κ2) is 10.5. The van der Waals surface area contributed by atoms with Gasteiger partial charge in [0.1, 0.15) is 12.2 Å². The highest BCUT2D eigenvalue weighted by molar-refractivity contribution is 9.10. The molecule has 4 heterocycles. The van der Waals surface area contributed by atoms with Crippen molar-refractivity contribution in [3.63, 3.8) is 0 Å². The van der Waals surface area contributed by atoms with Gasteiger partial charge in [0, 0.05) is 6.20 Å². The summed E-state index contributed by atoms with van der Waals surface area (Å²) in [7, 11) is 0. The molecule has 16 heteroatoms. The third-order valence-corrected chi connectivity index (χ3v) is 6.11. The number of aromatic nitrogens is 4. The predicted octanol–water partition coefficient (Wildman–Crippen LogP) is 5.63. The van der Waals surface area contributed by atoms with Gasteiger partial charge in [-0.3, -0.25) is 9.36 Å². The van der Waals surface area contributed by atoms with Crippen molar-refractivity contribution in [1.29, 1.82) is 0 Å². The van der Waals surface area contributed by atoms with Crippen molar-refractivity contribution in [2.45, 2.75) is 76.9 Å². The lowest BCUT2D eigenvalue weighted by atomic mass is 10.3. The molecule has 2 aliphatic rings. The van der Waals surface area contributed by atoms with Crippen molar-refractivity contribution in [2.75, 3.05) is 13.2 Å². The molecule has 2 atom stereocenters. The molecule has 2 aromatic rings. The van der Waals surface area contributed by atoms with E-state index in [0.29, 0.717) is 6.61 Å². The van der Waals surface area contributed by atoms with Gasteiger partial charge < -0.3 is 18.9 Å². The zero-order valence-electron chi connectivity index (χ0n) is 19.6. The van der Waals surface area contributed by atoms with Gasteiger partial charge in [-0.2, -0.15) is 36.5 Å². The Labute approximate surface area is 219 Å². The Morgan fingerprint density at radius 3 is 1.83 bits per heavy atom. The third-order valence-electron chi connectivity index (χ3n) is 4.95. The molecule has 0 aromatic carbocycles. The molecule has 204 valence electrons. The lowest BCUT2D eigenvalue weighted by molar-refractivity contribution is -0.149. The van der Waals surface area contributed by atoms with Crippen molar-refractivity contribution in [3.05, 3.63) is 32.7 Å². The second-order valence-electron chi connectivity index (χ2n) is 8.97. The molecule has 2 fully saturated rings. The number of alkyl halides is 6. The van der Waals surface area contributed by atoms with Gasteiger partial charge in [-0.1, -0.05) is 0 Å². The molecule has 0 radical (unpaired) electrons. The van der Waals surface area contributed by atoms with Crippen LogP contribution in [0.5, 0.6) is 0 Å². The van der Waals surface area contributed by atoms with Gasteiger partial charge in [-0.05, 0) is 59.6 Å². The minimum Gasteiger partial charge on any atom is -0.348 e. The fourth-order valence-electron chi connectivity index (χ4n) is 3.57. The van der Waals surface area contributed by atoms with E-state index in [1.807, 2.05) is 0 Å². The zero-order valence-corrected chi connectivity index (χ0v) is 22.8. The van der Waals surface area contributed by atoms with Gasteiger partial charge in [0.25, 0.3) is 0 Å². The molecule has 0 N–H and O–H groups in total. The molecular formula is C20H24Br2F6N4O4. The normalized spacial score (nSPS) is 23.6. The molecule has 2 aromatic heterocycles. The lowest BCUT2D eigenvalue weighted by Crippen LogP contribution is -2.26. The van der Waals surface area contributed by atoms with Gasteiger partial charge in [-0.15, -0.1) is 0 Å². The molecule has 2 aliphatic heterocycles. The van der Waals surface area contributed by atoms with E-state index in [1.165, 1.54) is 10.9 Å². The maximum absolute atomic E-state index is 12.8. The van der Waals surface area contributed by atoms with Crippen LogP contribution in [0.25, 0.3) is 0 Å². The highest BCUT2D eigenvalue weighted by Crippen LogP contribution is 2.36. The van der Waals surface area contributed by atoms with Crippen LogP contribution in [0.1, 0.15) is 39.1 Å². The van der Waals surface area contributed by atoms with Crippen molar-refractivity contribution in [3.8, 4) is 0 Å². The summed E-state index contributed by atoms with van der Waals surface area (Å²) in [5, 5.41) is 7.21. The smallest absolute Gasteiger partial charge is 0.348 e. The highest BCUT2D eigenvalue weighted by atomic mass is 79.9. The minimum atomic E-state index is -4.46. The summed E-state index contributed by atoms with van der Waals surface area (Å²) in [5.41, 5.74) is -1.74. The number of rotatable bonds is 4. The molecule has 0 amide bonds. The Morgan fingerprint density at radius 2 is 1.42 bits per heavy atom. The van der Waals surface area contributed by atoms with E-state index in [-0.39, 0.29) is 34.7 Å². The summed E-state index contributed by atoms with van der Waals surface area (Å²) in [6, 6.07) is 0. The first-order valence-electron chi connectivity index (χ1n) is 10.6. The van der Waals surface area contributed by atoms with E-state index in [9.17, 15) is 26.3 Å². The maximum Gasteiger partial charge on any atom is 0.436 e. The maximum atomic E-state index is 12.8. The number of halogens is 8. The average molecular weight is 658 g/mol. The van der Waals surface area contributed by atoms with Crippen LogP contribution in [-0.2, 0) is 44.4 Å². The summed E-state index contributed by atoms with van der Waals surface area (Å²) in [6.07, 6.45) is -7.23. The van der Waals surface area contributed by atoms with Gasteiger partial charge in [-0.25, -0.2) is 0 Å². The second-order valence-corrected chi connectivity index (χ2v) is 10.7. The number of ether oxygens (including phenoxy) is 4. The van der Waals surface area contributed by atoms with Crippen LogP contribution >= 0.6 is 31.9 Å². The highest BCUT2D eigenvalue weighted by Gasteiger charge is 2.40. The number of hydrogen-bond acceptors (Lipinski definition) is 6. The summed E-state index contributed by atoms with van der Waals surface area (Å²) >= 11 is 5.70. The van der Waals surface area contributed by atoms with E-state index in [1.54, 1.807) is 27.7 Å². The van der Waals surface area contributed by atoms with E-state index in [2.05, 4.69) is 42.1 Å². The Kier molecular flexibility index (Phi) is 8.58. The zero-order chi connectivity index (χ0) is 27.1. The van der Waals surface area contributed by atoms with E-state index in [4.69, 9.17) is 18.9 Å². The lowest BCUT2D eigenvalue weighted by Gasteiger charge is -2.18. The van der Waals surface area contributed by atoms with Crippen molar-refractivity contribution < 1.29 is 45.3 Å². The predicted molar refractivity (Wildman–Crippen MR) is 120 cm³/mol. The topological polar surface area (TPSA) is 72.6 Å². The molecule has 0 aliphatic carbocycles. The summed E-state index contributed by atoms with van der Waals surface area (Å²) in [5.74, 6) is -1.45. The average Bonchev–Trinajstić information content (AvgIpc) is 3.43. The molecule has 0 unspecified atom stereocenters. The van der Waals surface area contributed by atoms with E-state index in [0.717, 1.165) is 10.9 Å². The standard InChI is InChI=1S/2C10H12BrF3N2O2/c1-9(2)17-5-6(18-9)4-16-8(10(12,13)14)7(11)3-15-16;1-9(2)17-5-6(18-9)3-16-4-7(11)8(15-16)10(12,13)14/h3,6H,4-5H2,1-2H3;4,6H,3,5H2,1-2H3/t2*6-/m11/s1. The fraction of sp³-hybridized carbons (Fsp3) is 0.700. The Morgan fingerprint density at radius 1 is 0.889 bits per heavy atom. The van der Waals surface area contributed by atoms with Gasteiger partial charge in [0.05, 0.1) is 41.4 Å². The van der Waals surface area contributed by atoms with Gasteiger partial charge >= 0.3 is 12.4 Å². The summed E-state index contributed by atoms with van der Waals surface area (Å²) < 4.78 is 99.6. The first-order valence-corrected chi connectivity index (χ1v) is 12.2. The molecule has 36 heavy (non-hydrogen) atoms. The van der Waals surface area contributed by atoms with E-state index < -0.39 is 41.4 Å². The first-order chi connectivity index (χ1) is 16.4. The largest absolute Gasteiger partial charge is 0.436 e. The number of nitrogens with zero attached hydrogens (tertiary/aromatic N) is 4. The molecule has 0 bridgehead atoms. The van der Waals surface area contributed by atoms with E-state index >= 15 is 0 Å². The number of hydrogen-bond donors (Lipinski definition) is 0. The van der Waals surface area contributed by atoms with Crippen molar-refractivity contribution >= 4 is 31.9 Å². The Hall–Kier alpha value is -1.20. The van der Waals surface area contributed by atoms with Gasteiger partial charge in [0.15, 0.2) is 23.0 Å². The van der Waals surface area contributed by atoms with Crippen LogP contribution in [0.3, 0.4) is 0 Å². The molecular weight excluding hydrogens is 634 g/mol. The Bertz CT molecular complexity index is 1050. The van der Waals surface area contributed by atoms with Crippen LogP contribution < -0.4 is 0 Å². The monoisotopic (exact) mass is 656 g/mol.